The highest BCUT2D eigenvalue weighted by molar-refractivity contribution is 7.89. The molecule has 23 heavy (non-hydrogen) atoms. The molecule has 0 amide bonds. The van der Waals surface area contributed by atoms with Gasteiger partial charge in [-0.15, -0.1) is 12.4 Å². The van der Waals surface area contributed by atoms with E-state index in [9.17, 15) is 8.42 Å². The number of hydrogen-bond acceptors (Lipinski definition) is 4. The molecule has 0 aliphatic heterocycles. The van der Waals surface area contributed by atoms with Gasteiger partial charge in [-0.25, -0.2) is 13.1 Å². The summed E-state index contributed by atoms with van der Waals surface area (Å²) in [7, 11) is -3.55. The van der Waals surface area contributed by atoms with Gasteiger partial charge < -0.3 is 10.5 Å². The van der Waals surface area contributed by atoms with Gasteiger partial charge in [0.2, 0.25) is 10.0 Å². The van der Waals surface area contributed by atoms with Gasteiger partial charge in [-0.1, -0.05) is 26.7 Å². The van der Waals surface area contributed by atoms with Crippen LogP contribution >= 0.6 is 12.4 Å². The Balaban J connectivity index is 0.00000264. The van der Waals surface area contributed by atoms with Gasteiger partial charge in [-0.3, -0.25) is 0 Å². The van der Waals surface area contributed by atoms with Crippen LogP contribution in [-0.4, -0.2) is 27.1 Å². The van der Waals surface area contributed by atoms with Crippen molar-refractivity contribution in [2.45, 2.75) is 50.0 Å². The van der Waals surface area contributed by atoms with Crippen molar-refractivity contribution in [2.75, 3.05) is 13.2 Å². The first-order valence-electron chi connectivity index (χ1n) is 7.84. The summed E-state index contributed by atoms with van der Waals surface area (Å²) in [4.78, 5) is 0.254. The third kappa shape index (κ3) is 5.35. The fourth-order valence-electron chi connectivity index (χ4n) is 2.72. The predicted molar refractivity (Wildman–Crippen MR) is 94.6 cm³/mol. The Morgan fingerprint density at radius 1 is 1.22 bits per heavy atom. The maximum absolute atomic E-state index is 12.5. The minimum Gasteiger partial charge on any atom is -0.493 e. The first kappa shape index (κ1) is 20.2. The van der Waals surface area contributed by atoms with Gasteiger partial charge in [-0.2, -0.15) is 0 Å². The van der Waals surface area contributed by atoms with Crippen molar-refractivity contribution in [3.63, 3.8) is 0 Å². The topological polar surface area (TPSA) is 81.4 Å². The van der Waals surface area contributed by atoms with Crippen LogP contribution in [0.15, 0.2) is 29.2 Å². The molecule has 1 aliphatic carbocycles. The quantitative estimate of drug-likeness (QED) is 0.781. The van der Waals surface area contributed by atoms with E-state index in [1.165, 1.54) is 0 Å². The van der Waals surface area contributed by atoms with E-state index in [0.29, 0.717) is 24.8 Å². The second kappa shape index (κ2) is 8.33. The average Bonchev–Trinajstić information content (AvgIpc) is 2.94. The van der Waals surface area contributed by atoms with Gasteiger partial charge in [0.1, 0.15) is 5.75 Å². The molecule has 3 N–H and O–H groups in total. The van der Waals surface area contributed by atoms with Gasteiger partial charge in [0.05, 0.1) is 11.5 Å². The first-order valence-corrected chi connectivity index (χ1v) is 9.32. The molecule has 132 valence electrons. The van der Waals surface area contributed by atoms with E-state index in [-0.39, 0.29) is 17.3 Å². The van der Waals surface area contributed by atoms with Crippen molar-refractivity contribution >= 4 is 22.4 Å². The number of rotatable bonds is 7. The Bertz CT molecular complexity index is 582. The summed E-state index contributed by atoms with van der Waals surface area (Å²) in [5.41, 5.74) is 5.32. The normalized spacial score (nSPS) is 17.0. The summed E-state index contributed by atoms with van der Waals surface area (Å²) in [6, 6.07) is 6.55. The lowest BCUT2D eigenvalue weighted by Gasteiger charge is -2.28. The molecule has 0 unspecified atom stereocenters. The number of ether oxygens (including phenoxy) is 1. The highest BCUT2D eigenvalue weighted by Gasteiger charge is 2.36. The number of nitrogens with one attached hydrogen (secondary N) is 1. The molecule has 0 saturated heterocycles. The maximum atomic E-state index is 12.5. The smallest absolute Gasteiger partial charge is 0.241 e. The molecule has 1 saturated carbocycles. The second-order valence-corrected chi connectivity index (χ2v) is 8.16. The molecule has 0 heterocycles. The van der Waals surface area contributed by atoms with Gasteiger partial charge >= 0.3 is 0 Å². The SMILES string of the molecule is CC(C)COc1ccc(S(=O)(=O)NC2(CN)CCCC2)cc1.Cl. The zero-order chi connectivity index (χ0) is 16.2. The molecule has 2 rings (SSSR count). The third-order valence-corrected chi connectivity index (χ3v) is 5.61. The van der Waals surface area contributed by atoms with E-state index in [1.54, 1.807) is 24.3 Å². The van der Waals surface area contributed by atoms with E-state index in [4.69, 9.17) is 10.5 Å². The first-order chi connectivity index (χ1) is 10.4. The lowest BCUT2D eigenvalue weighted by atomic mass is 10.0. The molecule has 0 atom stereocenters. The van der Waals surface area contributed by atoms with Crippen LogP contribution in [0.25, 0.3) is 0 Å². The molecule has 7 heteroatoms. The number of hydrogen-bond donors (Lipinski definition) is 2. The van der Waals surface area contributed by atoms with Gasteiger partial charge in [0, 0.05) is 12.1 Å². The molecule has 0 spiro atoms. The average molecular weight is 363 g/mol. The standard InChI is InChI=1S/C16H26N2O3S.ClH/c1-13(2)11-21-14-5-7-15(8-6-14)22(19,20)18-16(12-17)9-3-4-10-16;/h5-8,13,18H,3-4,9-12,17H2,1-2H3;1H. The summed E-state index contributed by atoms with van der Waals surface area (Å²) in [5.74, 6) is 1.11. The van der Waals surface area contributed by atoms with Crippen LogP contribution in [-0.2, 0) is 10.0 Å². The van der Waals surface area contributed by atoms with Crippen molar-refractivity contribution in [3.05, 3.63) is 24.3 Å². The number of halogens is 1. The zero-order valence-corrected chi connectivity index (χ0v) is 15.4. The minimum atomic E-state index is -3.55. The number of nitrogens with two attached hydrogens (primary N) is 1. The van der Waals surface area contributed by atoms with Crippen molar-refractivity contribution in [3.8, 4) is 5.75 Å². The van der Waals surface area contributed by atoms with Crippen molar-refractivity contribution in [2.24, 2.45) is 11.7 Å². The molecule has 1 aromatic carbocycles. The fourth-order valence-corrected chi connectivity index (χ4v) is 4.19. The van der Waals surface area contributed by atoms with Crippen LogP contribution in [0.1, 0.15) is 39.5 Å². The third-order valence-electron chi connectivity index (χ3n) is 4.02. The molecule has 0 radical (unpaired) electrons. The van der Waals surface area contributed by atoms with Crippen LogP contribution < -0.4 is 15.2 Å². The van der Waals surface area contributed by atoms with Crippen LogP contribution in [0, 0.1) is 5.92 Å². The van der Waals surface area contributed by atoms with Crippen LogP contribution in [0.3, 0.4) is 0 Å². The molecule has 1 fully saturated rings. The zero-order valence-electron chi connectivity index (χ0n) is 13.7. The second-order valence-electron chi connectivity index (χ2n) is 6.47. The van der Waals surface area contributed by atoms with Crippen molar-refractivity contribution in [1.29, 1.82) is 0 Å². The van der Waals surface area contributed by atoms with Gasteiger partial charge in [0.15, 0.2) is 0 Å². The summed E-state index contributed by atoms with van der Waals surface area (Å²) < 4.78 is 33.4. The number of sulfonamides is 1. The lowest BCUT2D eigenvalue weighted by Crippen LogP contribution is -2.51. The monoisotopic (exact) mass is 362 g/mol. The molecule has 5 nitrogen and oxygen atoms in total. The summed E-state index contributed by atoms with van der Waals surface area (Å²) in [6.45, 7) is 5.08. The van der Waals surface area contributed by atoms with Crippen molar-refractivity contribution in [1.82, 2.24) is 4.72 Å². The highest BCUT2D eigenvalue weighted by Crippen LogP contribution is 2.30. The van der Waals surface area contributed by atoms with Crippen LogP contribution in [0.2, 0.25) is 0 Å². The van der Waals surface area contributed by atoms with Crippen molar-refractivity contribution < 1.29 is 13.2 Å². The maximum Gasteiger partial charge on any atom is 0.241 e. The minimum absolute atomic E-state index is 0. The predicted octanol–water partition coefficient (Wildman–Crippen LogP) is 2.69. The Hall–Kier alpha value is -0.820. The molecular weight excluding hydrogens is 336 g/mol. The largest absolute Gasteiger partial charge is 0.493 e. The van der Waals surface area contributed by atoms with Gasteiger partial charge in [-0.05, 0) is 43.0 Å². The van der Waals surface area contributed by atoms with E-state index in [0.717, 1.165) is 25.7 Å². The summed E-state index contributed by atoms with van der Waals surface area (Å²) >= 11 is 0. The Labute approximate surface area is 145 Å². The highest BCUT2D eigenvalue weighted by atomic mass is 35.5. The van der Waals surface area contributed by atoms with E-state index in [2.05, 4.69) is 18.6 Å². The number of benzene rings is 1. The van der Waals surface area contributed by atoms with E-state index < -0.39 is 15.6 Å². The van der Waals surface area contributed by atoms with Crippen LogP contribution in [0.5, 0.6) is 5.75 Å². The molecular formula is C16H27ClN2O3S. The fraction of sp³-hybridized carbons (Fsp3) is 0.625. The summed E-state index contributed by atoms with van der Waals surface area (Å²) in [6.07, 6.45) is 3.64. The molecule has 1 aromatic rings. The van der Waals surface area contributed by atoms with Gasteiger partial charge in [0.25, 0.3) is 0 Å². The molecule has 0 bridgehead atoms. The van der Waals surface area contributed by atoms with E-state index in [1.807, 2.05) is 0 Å². The van der Waals surface area contributed by atoms with E-state index >= 15 is 0 Å². The molecule has 1 aliphatic rings. The van der Waals surface area contributed by atoms with Crippen LogP contribution in [0.4, 0.5) is 0 Å². The Kier molecular flexibility index (Phi) is 7.32. The summed E-state index contributed by atoms with van der Waals surface area (Å²) in [5, 5.41) is 0. The Morgan fingerprint density at radius 3 is 2.26 bits per heavy atom. The lowest BCUT2D eigenvalue weighted by molar-refractivity contribution is 0.271. The Morgan fingerprint density at radius 2 is 1.78 bits per heavy atom. The molecule has 0 aromatic heterocycles.